The number of aromatic nitrogens is 3. The van der Waals surface area contributed by atoms with Crippen LogP contribution in [0.1, 0.15) is 42.3 Å². The van der Waals surface area contributed by atoms with Gasteiger partial charge in [-0.1, -0.05) is 6.07 Å². The molecule has 25 heavy (non-hydrogen) atoms. The molecule has 1 heterocycles. The summed E-state index contributed by atoms with van der Waals surface area (Å²) < 4.78 is 1.73. The lowest BCUT2D eigenvalue weighted by atomic mass is 9.88. The van der Waals surface area contributed by atoms with Crippen LogP contribution in [0.15, 0.2) is 23.5 Å². The molecule has 7 heteroatoms. The van der Waals surface area contributed by atoms with Gasteiger partial charge in [0, 0.05) is 19.2 Å². The third kappa shape index (κ3) is 4.10. The van der Waals surface area contributed by atoms with E-state index in [1.165, 1.54) is 30.3 Å². The molecule has 1 aliphatic carbocycles. The molecule has 0 saturated heterocycles. The zero-order valence-electron chi connectivity index (χ0n) is 14.9. The van der Waals surface area contributed by atoms with Crippen molar-refractivity contribution in [1.82, 2.24) is 25.4 Å². The smallest absolute Gasteiger partial charge is 0.191 e. The Kier molecular flexibility index (Phi) is 5.53. The fraction of sp³-hybridized carbons (Fsp3) is 0.500. The van der Waals surface area contributed by atoms with Crippen LogP contribution in [-0.4, -0.2) is 32.4 Å². The summed E-state index contributed by atoms with van der Waals surface area (Å²) in [5, 5.41) is 20.9. The first-order valence-electron chi connectivity index (χ1n) is 8.86. The van der Waals surface area contributed by atoms with Crippen LogP contribution >= 0.6 is 0 Å². The van der Waals surface area contributed by atoms with Gasteiger partial charge < -0.3 is 15.7 Å². The SMILES string of the molecule is CCNC(=NCc1c(O)ccc2c1CCCC2)NCc1ncnn1C. The van der Waals surface area contributed by atoms with Crippen molar-refractivity contribution in [2.75, 3.05) is 6.54 Å². The molecule has 1 aromatic heterocycles. The second-order valence-corrected chi connectivity index (χ2v) is 6.26. The van der Waals surface area contributed by atoms with Crippen LogP contribution in [0.3, 0.4) is 0 Å². The number of hydrogen-bond acceptors (Lipinski definition) is 4. The summed E-state index contributed by atoms with van der Waals surface area (Å²) in [4.78, 5) is 8.86. The van der Waals surface area contributed by atoms with Gasteiger partial charge in [0.1, 0.15) is 17.9 Å². The summed E-state index contributed by atoms with van der Waals surface area (Å²) in [6, 6.07) is 3.85. The van der Waals surface area contributed by atoms with Gasteiger partial charge in [-0.2, -0.15) is 5.10 Å². The summed E-state index contributed by atoms with van der Waals surface area (Å²) >= 11 is 0. The van der Waals surface area contributed by atoms with Crippen LogP contribution in [-0.2, 0) is 33.0 Å². The number of fused-ring (bicyclic) bond motifs is 1. The average Bonchev–Trinajstić information content (AvgIpc) is 3.03. The Bertz CT molecular complexity index is 752. The lowest BCUT2D eigenvalue weighted by molar-refractivity contribution is 0.465. The third-order valence-electron chi connectivity index (χ3n) is 4.58. The predicted molar refractivity (Wildman–Crippen MR) is 97.4 cm³/mol. The molecular weight excluding hydrogens is 316 g/mol. The van der Waals surface area contributed by atoms with E-state index < -0.39 is 0 Å². The normalized spacial score (nSPS) is 14.2. The summed E-state index contributed by atoms with van der Waals surface area (Å²) in [7, 11) is 1.86. The molecule has 0 saturated carbocycles. The zero-order chi connectivity index (χ0) is 17.6. The topological polar surface area (TPSA) is 87.4 Å². The predicted octanol–water partition coefficient (Wildman–Crippen LogP) is 1.65. The van der Waals surface area contributed by atoms with Crippen LogP contribution in [0.25, 0.3) is 0 Å². The quantitative estimate of drug-likeness (QED) is 0.568. The summed E-state index contributed by atoms with van der Waals surface area (Å²) in [6.45, 7) is 3.80. The van der Waals surface area contributed by atoms with Crippen molar-refractivity contribution in [3.8, 4) is 5.75 Å². The molecule has 0 unspecified atom stereocenters. The first-order chi connectivity index (χ1) is 12.2. The molecule has 0 amide bonds. The molecule has 1 aliphatic rings. The first-order valence-corrected chi connectivity index (χ1v) is 8.86. The number of aryl methyl sites for hydroxylation is 2. The lowest BCUT2D eigenvalue weighted by Crippen LogP contribution is -2.37. The van der Waals surface area contributed by atoms with Crippen molar-refractivity contribution < 1.29 is 5.11 Å². The monoisotopic (exact) mass is 342 g/mol. The molecule has 1 aromatic carbocycles. The molecule has 0 aliphatic heterocycles. The van der Waals surface area contributed by atoms with E-state index in [4.69, 9.17) is 0 Å². The van der Waals surface area contributed by atoms with E-state index in [-0.39, 0.29) is 0 Å². The van der Waals surface area contributed by atoms with E-state index in [0.29, 0.717) is 24.8 Å². The molecule has 0 spiro atoms. The van der Waals surface area contributed by atoms with Crippen molar-refractivity contribution in [3.05, 3.63) is 41.0 Å². The van der Waals surface area contributed by atoms with E-state index in [0.717, 1.165) is 30.8 Å². The van der Waals surface area contributed by atoms with Gasteiger partial charge in [0.2, 0.25) is 0 Å². The molecule has 0 radical (unpaired) electrons. The summed E-state index contributed by atoms with van der Waals surface area (Å²) in [5.41, 5.74) is 3.58. The van der Waals surface area contributed by atoms with Crippen molar-refractivity contribution in [3.63, 3.8) is 0 Å². The highest BCUT2D eigenvalue weighted by atomic mass is 16.3. The molecule has 0 atom stereocenters. The number of aliphatic imine (C=N–C) groups is 1. The number of aromatic hydroxyl groups is 1. The van der Waals surface area contributed by atoms with Gasteiger partial charge in [0.15, 0.2) is 5.96 Å². The van der Waals surface area contributed by atoms with Crippen LogP contribution in [0.5, 0.6) is 5.75 Å². The molecule has 0 fully saturated rings. The lowest BCUT2D eigenvalue weighted by Gasteiger charge is -2.20. The molecule has 3 rings (SSSR count). The van der Waals surface area contributed by atoms with Crippen molar-refractivity contribution in [1.29, 1.82) is 0 Å². The van der Waals surface area contributed by atoms with E-state index >= 15 is 0 Å². The molecule has 3 N–H and O–H groups in total. The van der Waals surface area contributed by atoms with Gasteiger partial charge in [-0.05, 0) is 49.8 Å². The Labute approximate surface area is 148 Å². The Morgan fingerprint density at radius 2 is 2.12 bits per heavy atom. The highest BCUT2D eigenvalue weighted by Crippen LogP contribution is 2.30. The number of nitrogens with zero attached hydrogens (tertiary/aromatic N) is 4. The second-order valence-electron chi connectivity index (χ2n) is 6.26. The molecule has 134 valence electrons. The van der Waals surface area contributed by atoms with Crippen LogP contribution in [0.4, 0.5) is 0 Å². The van der Waals surface area contributed by atoms with E-state index in [9.17, 15) is 5.11 Å². The van der Waals surface area contributed by atoms with E-state index in [1.807, 2.05) is 14.0 Å². The van der Waals surface area contributed by atoms with Gasteiger partial charge in [-0.15, -0.1) is 0 Å². The average molecular weight is 342 g/mol. The minimum Gasteiger partial charge on any atom is -0.508 e. The zero-order valence-corrected chi connectivity index (χ0v) is 14.9. The second kappa shape index (κ2) is 8.00. The molecule has 7 nitrogen and oxygen atoms in total. The maximum Gasteiger partial charge on any atom is 0.191 e. The number of guanidine groups is 1. The van der Waals surface area contributed by atoms with Crippen molar-refractivity contribution >= 4 is 5.96 Å². The largest absolute Gasteiger partial charge is 0.508 e. The standard InChI is InChI=1S/C18H26N6O/c1-3-19-18(21-11-17-22-12-23-24(17)2)20-10-15-14-7-5-4-6-13(14)8-9-16(15)25/h8-9,12,25H,3-7,10-11H2,1-2H3,(H2,19,20,21). The summed E-state index contributed by atoms with van der Waals surface area (Å²) in [5.74, 6) is 1.89. The highest BCUT2D eigenvalue weighted by Gasteiger charge is 2.16. The molecule has 0 bridgehead atoms. The Hall–Kier alpha value is -2.57. The Morgan fingerprint density at radius 1 is 1.28 bits per heavy atom. The highest BCUT2D eigenvalue weighted by molar-refractivity contribution is 5.79. The Balaban J connectivity index is 1.74. The third-order valence-corrected chi connectivity index (χ3v) is 4.58. The van der Waals surface area contributed by atoms with Crippen molar-refractivity contribution in [2.45, 2.75) is 45.7 Å². The maximum absolute atomic E-state index is 10.3. The van der Waals surface area contributed by atoms with Gasteiger partial charge in [0.05, 0.1) is 13.1 Å². The van der Waals surface area contributed by atoms with Crippen LogP contribution < -0.4 is 10.6 Å². The van der Waals surface area contributed by atoms with Gasteiger partial charge in [-0.3, -0.25) is 4.68 Å². The maximum atomic E-state index is 10.3. The van der Waals surface area contributed by atoms with E-state index in [2.05, 4.69) is 31.8 Å². The molecule has 2 aromatic rings. The molecular formula is C18H26N6O. The Morgan fingerprint density at radius 3 is 2.88 bits per heavy atom. The van der Waals surface area contributed by atoms with E-state index in [1.54, 1.807) is 10.7 Å². The van der Waals surface area contributed by atoms with Gasteiger partial charge in [-0.25, -0.2) is 9.98 Å². The number of phenolic OH excluding ortho intramolecular Hbond substituents is 1. The van der Waals surface area contributed by atoms with Gasteiger partial charge >= 0.3 is 0 Å². The number of rotatable bonds is 5. The van der Waals surface area contributed by atoms with Crippen molar-refractivity contribution in [2.24, 2.45) is 12.0 Å². The fourth-order valence-electron chi connectivity index (χ4n) is 3.21. The number of nitrogens with one attached hydrogen (secondary N) is 2. The number of benzene rings is 1. The summed E-state index contributed by atoms with van der Waals surface area (Å²) in [6.07, 6.45) is 6.06. The van der Waals surface area contributed by atoms with Crippen LogP contribution in [0.2, 0.25) is 0 Å². The fourth-order valence-corrected chi connectivity index (χ4v) is 3.21. The number of phenols is 1. The minimum absolute atomic E-state index is 0.341. The minimum atomic E-state index is 0.341. The number of hydrogen-bond donors (Lipinski definition) is 3. The first kappa shape index (κ1) is 17.3. The van der Waals surface area contributed by atoms with Crippen LogP contribution in [0, 0.1) is 0 Å². The van der Waals surface area contributed by atoms with Gasteiger partial charge in [0.25, 0.3) is 0 Å².